The van der Waals surface area contributed by atoms with Crippen LogP contribution in [0.25, 0.3) is 5.69 Å². The molecular weight excluding hydrogens is 587 g/mol. The molecule has 1 aliphatic heterocycles. The number of para-hydroxylation sites is 1. The van der Waals surface area contributed by atoms with E-state index in [1.54, 1.807) is 0 Å². The lowest BCUT2D eigenvalue weighted by Gasteiger charge is -2.33. The second-order valence-corrected chi connectivity index (χ2v) is 10.4. The van der Waals surface area contributed by atoms with Crippen LogP contribution in [0.4, 0.5) is 39.5 Å². The molecule has 3 aromatic carbocycles. The van der Waals surface area contributed by atoms with Gasteiger partial charge >= 0.3 is 18.5 Å². The van der Waals surface area contributed by atoms with Gasteiger partial charge in [-0.25, -0.2) is 0 Å². The van der Waals surface area contributed by atoms with Crippen LogP contribution in [0.15, 0.2) is 85.1 Å². The number of aromatic nitrogens is 1. The van der Waals surface area contributed by atoms with Gasteiger partial charge < -0.3 is 9.67 Å². The minimum Gasteiger partial charge on any atom is -0.375 e. The highest BCUT2D eigenvalue weighted by atomic mass is 19.4. The van der Waals surface area contributed by atoms with Crippen LogP contribution in [-0.4, -0.2) is 27.7 Å². The molecule has 0 aliphatic carbocycles. The summed E-state index contributed by atoms with van der Waals surface area (Å²) in [6, 6.07) is 12.8. The third-order valence-corrected chi connectivity index (χ3v) is 7.59. The Balaban J connectivity index is 1.81. The maximum atomic E-state index is 14.4. The maximum absolute atomic E-state index is 14.4. The molecule has 1 aromatic heterocycles. The van der Waals surface area contributed by atoms with Crippen LogP contribution in [-0.2, 0) is 30.7 Å². The zero-order chi connectivity index (χ0) is 31.2. The highest BCUT2D eigenvalue weighted by Crippen LogP contribution is 2.44. The molecule has 0 spiro atoms. The lowest BCUT2D eigenvalue weighted by atomic mass is 9.81. The van der Waals surface area contributed by atoms with Crippen molar-refractivity contribution in [3.05, 3.63) is 124 Å². The molecule has 4 aromatic rings. The second-order valence-electron chi connectivity index (χ2n) is 10.4. The SMILES string of the molecule is OC(c1cccc(C(F)(F)F)c1)(c1cccc(C(F)(F)F)c1)c1cccn1-c1c(CN2CCCC2)cccc1C(F)(F)F. The number of rotatable bonds is 6. The molecule has 0 bridgehead atoms. The van der Waals surface area contributed by atoms with E-state index in [1.165, 1.54) is 30.5 Å². The molecule has 228 valence electrons. The first kappa shape index (κ1) is 30.7. The van der Waals surface area contributed by atoms with E-state index in [4.69, 9.17) is 0 Å². The molecule has 0 amide bonds. The normalized spacial score (nSPS) is 15.3. The molecule has 1 fully saturated rings. The quantitative estimate of drug-likeness (QED) is 0.222. The molecule has 0 saturated carbocycles. The Hall–Kier alpha value is -3.77. The Labute approximate surface area is 240 Å². The van der Waals surface area contributed by atoms with Gasteiger partial charge in [-0.05, 0) is 85.1 Å². The van der Waals surface area contributed by atoms with Crippen molar-refractivity contribution >= 4 is 0 Å². The topological polar surface area (TPSA) is 28.4 Å². The van der Waals surface area contributed by atoms with Crippen molar-refractivity contribution in [2.24, 2.45) is 0 Å². The predicted molar refractivity (Wildman–Crippen MR) is 140 cm³/mol. The van der Waals surface area contributed by atoms with Crippen molar-refractivity contribution in [2.75, 3.05) is 13.1 Å². The first-order valence-corrected chi connectivity index (χ1v) is 13.3. The Morgan fingerprint density at radius 1 is 0.605 bits per heavy atom. The van der Waals surface area contributed by atoms with E-state index in [0.717, 1.165) is 59.9 Å². The van der Waals surface area contributed by atoms with E-state index in [-0.39, 0.29) is 23.5 Å². The maximum Gasteiger partial charge on any atom is 0.418 e. The number of aliphatic hydroxyl groups is 1. The predicted octanol–water partition coefficient (Wildman–Crippen LogP) is 8.41. The summed E-state index contributed by atoms with van der Waals surface area (Å²) in [6.45, 7) is 1.40. The van der Waals surface area contributed by atoms with Gasteiger partial charge in [0.2, 0.25) is 0 Å². The lowest BCUT2D eigenvalue weighted by molar-refractivity contribution is -0.138. The van der Waals surface area contributed by atoms with Crippen LogP contribution in [0, 0.1) is 0 Å². The average Bonchev–Trinajstić information content (AvgIpc) is 3.64. The van der Waals surface area contributed by atoms with Crippen molar-refractivity contribution in [1.29, 1.82) is 0 Å². The summed E-state index contributed by atoms with van der Waals surface area (Å²) >= 11 is 0. The van der Waals surface area contributed by atoms with Gasteiger partial charge in [-0.2, -0.15) is 39.5 Å². The summed E-state index contributed by atoms with van der Waals surface area (Å²) in [5.41, 5.74) is -7.68. The van der Waals surface area contributed by atoms with Crippen molar-refractivity contribution in [2.45, 2.75) is 43.5 Å². The van der Waals surface area contributed by atoms with Crippen molar-refractivity contribution in [3.63, 3.8) is 0 Å². The molecule has 3 nitrogen and oxygen atoms in total. The number of benzene rings is 3. The first-order chi connectivity index (χ1) is 20.1. The Bertz CT molecular complexity index is 1540. The summed E-state index contributed by atoms with van der Waals surface area (Å²) in [6.07, 6.45) is -11.7. The fourth-order valence-corrected chi connectivity index (χ4v) is 5.59. The minimum atomic E-state index is -4.88. The highest BCUT2D eigenvalue weighted by Gasteiger charge is 2.43. The van der Waals surface area contributed by atoms with E-state index in [2.05, 4.69) is 0 Å². The molecule has 1 saturated heterocycles. The van der Waals surface area contributed by atoms with Crippen LogP contribution in [0.1, 0.15) is 51.9 Å². The third-order valence-electron chi connectivity index (χ3n) is 7.59. The molecule has 0 unspecified atom stereocenters. The minimum absolute atomic E-state index is 0.114. The molecule has 12 heteroatoms. The van der Waals surface area contributed by atoms with Gasteiger partial charge in [0, 0.05) is 12.7 Å². The summed E-state index contributed by atoms with van der Waals surface area (Å²) in [5.74, 6) is 0. The standard InChI is InChI=1S/C31H25F9N2O/c32-29(33,34)23-10-4-8-21(17-23)28(43,22-9-5-11-24(18-22)30(35,36)37)26-13-6-16-42(26)27-20(19-41-14-1-2-15-41)7-3-12-25(27)31(38,39)40/h3-13,16-18,43H,1-2,14-15,19H2. The zero-order valence-electron chi connectivity index (χ0n) is 22.4. The Morgan fingerprint density at radius 2 is 1.12 bits per heavy atom. The molecule has 43 heavy (non-hydrogen) atoms. The van der Waals surface area contributed by atoms with Gasteiger partial charge in [0.05, 0.1) is 28.1 Å². The molecule has 1 aliphatic rings. The van der Waals surface area contributed by atoms with Gasteiger partial charge in [0.1, 0.15) is 0 Å². The summed E-state index contributed by atoms with van der Waals surface area (Å²) in [4.78, 5) is 1.95. The largest absolute Gasteiger partial charge is 0.418 e. The first-order valence-electron chi connectivity index (χ1n) is 13.3. The van der Waals surface area contributed by atoms with Crippen LogP contribution < -0.4 is 0 Å². The van der Waals surface area contributed by atoms with Gasteiger partial charge in [0.15, 0.2) is 5.60 Å². The fourth-order valence-electron chi connectivity index (χ4n) is 5.59. The number of nitrogens with zero attached hydrogens (tertiary/aromatic N) is 2. The van der Waals surface area contributed by atoms with E-state index in [0.29, 0.717) is 25.2 Å². The summed E-state index contributed by atoms with van der Waals surface area (Å²) in [5, 5.41) is 12.4. The van der Waals surface area contributed by atoms with Crippen molar-refractivity contribution in [3.8, 4) is 5.69 Å². The number of hydrogen-bond acceptors (Lipinski definition) is 2. The average molecular weight is 613 g/mol. The van der Waals surface area contributed by atoms with E-state index in [9.17, 15) is 44.6 Å². The zero-order valence-corrected chi connectivity index (χ0v) is 22.4. The number of likely N-dealkylation sites (tertiary alicyclic amines) is 1. The van der Waals surface area contributed by atoms with Crippen LogP contribution in [0.2, 0.25) is 0 Å². The van der Waals surface area contributed by atoms with Crippen LogP contribution >= 0.6 is 0 Å². The van der Waals surface area contributed by atoms with E-state index in [1.807, 2.05) is 4.90 Å². The Kier molecular flexibility index (Phi) is 7.89. The third kappa shape index (κ3) is 6.03. The van der Waals surface area contributed by atoms with E-state index >= 15 is 0 Å². The summed E-state index contributed by atoms with van der Waals surface area (Å²) < 4.78 is 127. The lowest BCUT2D eigenvalue weighted by Crippen LogP contribution is -2.33. The van der Waals surface area contributed by atoms with Crippen LogP contribution in [0.5, 0.6) is 0 Å². The molecule has 0 radical (unpaired) electrons. The van der Waals surface area contributed by atoms with Gasteiger partial charge in [-0.1, -0.05) is 36.4 Å². The molecule has 2 heterocycles. The van der Waals surface area contributed by atoms with Crippen LogP contribution in [0.3, 0.4) is 0 Å². The number of halogens is 9. The fraction of sp³-hybridized carbons (Fsp3) is 0.290. The molecule has 5 rings (SSSR count). The second kappa shape index (κ2) is 11.1. The smallest absolute Gasteiger partial charge is 0.375 e. The van der Waals surface area contributed by atoms with Gasteiger partial charge in [-0.3, -0.25) is 4.90 Å². The molecule has 0 atom stereocenters. The van der Waals surface area contributed by atoms with Gasteiger partial charge in [-0.15, -0.1) is 0 Å². The van der Waals surface area contributed by atoms with Gasteiger partial charge in [0.25, 0.3) is 0 Å². The summed E-state index contributed by atoms with van der Waals surface area (Å²) in [7, 11) is 0. The number of alkyl halides is 9. The Morgan fingerprint density at radius 3 is 1.63 bits per heavy atom. The van der Waals surface area contributed by atoms with Crippen molar-refractivity contribution in [1.82, 2.24) is 9.47 Å². The highest BCUT2D eigenvalue weighted by molar-refractivity contribution is 5.55. The van der Waals surface area contributed by atoms with Crippen molar-refractivity contribution < 1.29 is 44.6 Å². The molecule has 1 N–H and O–H groups in total. The molecular formula is C31H25F9N2O. The monoisotopic (exact) mass is 612 g/mol. The number of hydrogen-bond donors (Lipinski definition) is 1. The van der Waals surface area contributed by atoms with E-state index < -0.39 is 51.9 Å².